The molecular weight excluding hydrogens is 629 g/mol. The number of hydrogen-bond acceptors (Lipinski definition) is 3. The summed E-state index contributed by atoms with van der Waals surface area (Å²) in [6.45, 7) is 1.52. The number of carboxylic acids is 1. The van der Waals surface area contributed by atoms with Crippen LogP contribution in [0, 0.1) is 10.7 Å². The van der Waals surface area contributed by atoms with Crippen molar-refractivity contribution in [2.75, 3.05) is 5.32 Å². The molecule has 1 aromatic rings. The van der Waals surface area contributed by atoms with Crippen LogP contribution in [0.25, 0.3) is 0 Å². The summed E-state index contributed by atoms with van der Waals surface area (Å²) in [6.07, 6.45) is 1.41. The Hall–Kier alpha value is -0.440. The zero-order valence-electron chi connectivity index (χ0n) is 11.2. The van der Waals surface area contributed by atoms with Gasteiger partial charge in [0.15, 0.2) is 0 Å². The van der Waals surface area contributed by atoms with Crippen molar-refractivity contribution in [3.63, 3.8) is 0 Å². The molecule has 9 heteroatoms. The van der Waals surface area contributed by atoms with Gasteiger partial charge in [-0.1, -0.05) is 6.08 Å². The van der Waals surface area contributed by atoms with E-state index in [1.54, 1.807) is 6.07 Å². The maximum atomic E-state index is 11.9. The Kier molecular flexibility index (Phi) is 7.51. The predicted octanol–water partition coefficient (Wildman–Crippen LogP) is 2.96. The molecule has 0 aliphatic rings. The average molecular weight is 640 g/mol. The number of carbonyl (C=O) groups excluding carboxylic acids is 2. The Morgan fingerprint density at radius 1 is 1.27 bits per heavy atom. The monoisotopic (exact) mass is 640 g/mol. The number of nitrogens with two attached hydrogens (primary N) is 1. The number of nitrogens with one attached hydrogen (secondary N) is 1. The lowest BCUT2D eigenvalue weighted by molar-refractivity contribution is -0.115. The molecule has 0 bridgehead atoms. The number of benzene rings is 1. The fraction of sp³-hybridized carbons (Fsp3) is 0.154. The van der Waals surface area contributed by atoms with E-state index in [1.807, 2.05) is 67.8 Å². The highest BCUT2D eigenvalue weighted by molar-refractivity contribution is 14.1. The average Bonchev–Trinajstić information content (AvgIpc) is 2.39. The van der Waals surface area contributed by atoms with Gasteiger partial charge in [-0.25, -0.2) is 4.79 Å². The van der Waals surface area contributed by atoms with E-state index in [-0.39, 0.29) is 17.9 Å². The van der Waals surface area contributed by atoms with Gasteiger partial charge in [-0.05, 0) is 80.8 Å². The van der Waals surface area contributed by atoms with Gasteiger partial charge >= 0.3 is 5.97 Å². The van der Waals surface area contributed by atoms with E-state index in [4.69, 9.17) is 5.73 Å². The van der Waals surface area contributed by atoms with Crippen LogP contribution in [0.5, 0.6) is 0 Å². The molecule has 0 aliphatic heterocycles. The first-order valence-corrected chi connectivity index (χ1v) is 9.06. The molecule has 0 atom stereocenters. The minimum Gasteiger partial charge on any atom is -0.478 e. The zero-order valence-corrected chi connectivity index (χ0v) is 17.7. The minimum atomic E-state index is -1.05. The molecule has 4 N–H and O–H groups in total. The summed E-state index contributed by atoms with van der Waals surface area (Å²) in [7, 11) is 0. The summed E-state index contributed by atoms with van der Waals surface area (Å²) in [5.74, 6) is -1.99. The fourth-order valence-corrected chi connectivity index (χ4v) is 5.54. The summed E-state index contributed by atoms with van der Waals surface area (Å²) < 4.78 is 1.80. The van der Waals surface area contributed by atoms with Crippen molar-refractivity contribution in [3.05, 3.63) is 34.0 Å². The summed E-state index contributed by atoms with van der Waals surface area (Å²) in [6, 6.07) is 1.69. The molecule has 0 spiro atoms. The van der Waals surface area contributed by atoms with E-state index in [1.165, 1.54) is 13.0 Å². The van der Waals surface area contributed by atoms with Crippen molar-refractivity contribution in [2.45, 2.75) is 13.3 Å². The highest BCUT2D eigenvalue weighted by Crippen LogP contribution is 2.31. The third-order valence-electron chi connectivity index (χ3n) is 2.63. The Labute approximate surface area is 167 Å². The normalized spacial score (nSPS) is 11.2. The van der Waals surface area contributed by atoms with Crippen molar-refractivity contribution >= 4 is 91.2 Å². The number of amides is 2. The lowest BCUT2D eigenvalue weighted by Crippen LogP contribution is -2.16. The van der Waals surface area contributed by atoms with Gasteiger partial charge in [0.1, 0.15) is 0 Å². The van der Waals surface area contributed by atoms with Gasteiger partial charge in [0, 0.05) is 19.1 Å². The molecule has 22 heavy (non-hydrogen) atoms. The second-order valence-electron chi connectivity index (χ2n) is 4.21. The molecule has 0 saturated carbocycles. The van der Waals surface area contributed by atoms with Crippen molar-refractivity contribution in [1.29, 1.82) is 0 Å². The largest absolute Gasteiger partial charge is 0.478 e. The smallest absolute Gasteiger partial charge is 0.337 e. The van der Waals surface area contributed by atoms with Crippen LogP contribution in [0.3, 0.4) is 0 Å². The minimum absolute atomic E-state index is 0.0185. The predicted molar refractivity (Wildman–Crippen MR) is 108 cm³/mol. The quantitative estimate of drug-likeness (QED) is 0.340. The number of primary amides is 1. The first kappa shape index (κ1) is 19.6. The highest BCUT2D eigenvalue weighted by Gasteiger charge is 2.20. The van der Waals surface area contributed by atoms with E-state index in [0.717, 1.165) is 3.57 Å². The molecule has 0 fully saturated rings. The first-order chi connectivity index (χ1) is 10.1. The lowest BCUT2D eigenvalue weighted by atomic mass is 10.2. The van der Waals surface area contributed by atoms with Gasteiger partial charge in [0.25, 0.3) is 0 Å². The van der Waals surface area contributed by atoms with E-state index in [9.17, 15) is 19.5 Å². The first-order valence-electron chi connectivity index (χ1n) is 5.82. The van der Waals surface area contributed by atoms with E-state index < -0.39 is 11.9 Å². The number of halogens is 3. The summed E-state index contributed by atoms with van der Waals surface area (Å²) in [5.41, 5.74) is 5.99. The van der Waals surface area contributed by atoms with E-state index in [0.29, 0.717) is 18.4 Å². The maximum Gasteiger partial charge on any atom is 0.337 e. The number of anilines is 1. The molecule has 118 valence electrons. The SMILES string of the molecule is CC(=CCC(=O)Nc1c(I)cc(I)c(C(=O)O)c1I)C(N)=O. The number of carbonyl (C=O) groups is 3. The van der Waals surface area contributed by atoms with Crippen molar-refractivity contribution in [1.82, 2.24) is 0 Å². The van der Waals surface area contributed by atoms with Gasteiger partial charge < -0.3 is 16.2 Å². The van der Waals surface area contributed by atoms with Crippen LogP contribution in [-0.4, -0.2) is 22.9 Å². The third-order valence-corrected chi connectivity index (χ3v) is 5.41. The van der Waals surface area contributed by atoms with Crippen molar-refractivity contribution < 1.29 is 19.5 Å². The van der Waals surface area contributed by atoms with Gasteiger partial charge in [-0.2, -0.15) is 0 Å². The highest BCUT2D eigenvalue weighted by atomic mass is 127. The van der Waals surface area contributed by atoms with Gasteiger partial charge in [0.2, 0.25) is 11.8 Å². The van der Waals surface area contributed by atoms with Crippen LogP contribution in [0.1, 0.15) is 23.7 Å². The molecule has 1 aromatic carbocycles. The van der Waals surface area contributed by atoms with Gasteiger partial charge in [-0.3, -0.25) is 9.59 Å². The molecule has 0 saturated heterocycles. The van der Waals surface area contributed by atoms with Crippen LogP contribution < -0.4 is 11.1 Å². The summed E-state index contributed by atoms with van der Waals surface area (Å²) >= 11 is 5.87. The second kappa shape index (κ2) is 8.42. The molecule has 1 rings (SSSR count). The molecule has 2 amide bonds. The standard InChI is InChI=1S/C13H11I3N2O4/c1-5(12(17)20)2-3-8(19)18-11-7(15)4-6(14)9(10(11)16)13(21)22/h2,4H,3H2,1H3,(H2,17,20)(H,18,19)(H,21,22). The van der Waals surface area contributed by atoms with E-state index >= 15 is 0 Å². The fourth-order valence-electron chi connectivity index (χ4n) is 1.44. The number of carboxylic acid groups (broad SMARTS) is 1. The van der Waals surface area contributed by atoms with Crippen LogP contribution in [0.2, 0.25) is 0 Å². The Balaban J connectivity index is 3.06. The number of hydrogen-bond donors (Lipinski definition) is 3. The van der Waals surface area contributed by atoms with Crippen molar-refractivity contribution in [3.8, 4) is 0 Å². The molecule has 0 heterocycles. The molecule has 0 radical (unpaired) electrons. The Bertz CT molecular complexity index is 686. The zero-order chi connectivity index (χ0) is 17.0. The number of rotatable bonds is 5. The molecular formula is C13H11I3N2O4. The van der Waals surface area contributed by atoms with Gasteiger partial charge in [-0.15, -0.1) is 0 Å². The topological polar surface area (TPSA) is 109 Å². The van der Waals surface area contributed by atoms with E-state index in [2.05, 4.69) is 5.32 Å². The maximum absolute atomic E-state index is 11.9. The third kappa shape index (κ3) is 5.04. The van der Waals surface area contributed by atoms with Crippen molar-refractivity contribution in [2.24, 2.45) is 5.73 Å². The van der Waals surface area contributed by atoms with Crippen LogP contribution in [0.4, 0.5) is 5.69 Å². The van der Waals surface area contributed by atoms with Gasteiger partial charge in [0.05, 0.1) is 14.8 Å². The van der Waals surface area contributed by atoms with Crippen LogP contribution >= 0.6 is 67.8 Å². The summed E-state index contributed by atoms with van der Waals surface area (Å²) in [5, 5.41) is 11.9. The molecule has 0 aromatic heterocycles. The molecule has 6 nitrogen and oxygen atoms in total. The Morgan fingerprint density at radius 3 is 2.36 bits per heavy atom. The number of aromatic carboxylic acids is 1. The summed E-state index contributed by atoms with van der Waals surface area (Å²) in [4.78, 5) is 34.1. The lowest BCUT2D eigenvalue weighted by Gasteiger charge is -2.13. The molecule has 0 aliphatic carbocycles. The van der Waals surface area contributed by atoms with Crippen LogP contribution in [0.15, 0.2) is 17.7 Å². The second-order valence-corrected chi connectivity index (χ2v) is 7.62. The Morgan fingerprint density at radius 2 is 1.86 bits per heavy atom. The molecule has 0 unspecified atom stereocenters. The van der Waals surface area contributed by atoms with Crippen LogP contribution in [-0.2, 0) is 9.59 Å².